The van der Waals surface area contributed by atoms with Crippen LogP contribution in [0.1, 0.15) is 0 Å². The lowest BCUT2D eigenvalue weighted by Crippen LogP contribution is -2.39. The van der Waals surface area contributed by atoms with E-state index in [1.807, 2.05) is 18.2 Å². The van der Waals surface area contributed by atoms with Gasteiger partial charge < -0.3 is 14.2 Å². The Morgan fingerprint density at radius 1 is 0.600 bits per heavy atom. The van der Waals surface area contributed by atoms with Crippen LogP contribution in [0, 0.1) is 10.8 Å². The molecule has 20 heavy (non-hydrogen) atoms. The van der Waals surface area contributed by atoms with Crippen molar-refractivity contribution in [2.75, 3.05) is 21.3 Å². The first-order chi connectivity index (χ1) is 9.67. The van der Waals surface area contributed by atoms with E-state index in [9.17, 15) is 0 Å². The van der Waals surface area contributed by atoms with Crippen molar-refractivity contribution in [3.8, 4) is 0 Å². The lowest BCUT2D eigenvalue weighted by atomic mass is 9.57. The van der Waals surface area contributed by atoms with Crippen LogP contribution in [0.15, 0.2) is 72.0 Å². The number of ether oxygens (including phenoxy) is 3. The molecule has 0 aliphatic heterocycles. The molecule has 0 N–H and O–H groups in total. The number of hydrogen-bond acceptors (Lipinski definition) is 3. The maximum atomic E-state index is 5.40. The molecule has 0 bridgehead atoms. The van der Waals surface area contributed by atoms with E-state index in [-0.39, 0.29) is 10.8 Å². The lowest BCUT2D eigenvalue weighted by Gasteiger charge is -2.46. The second-order valence-electron chi connectivity index (χ2n) is 5.12. The Bertz CT molecular complexity index is 518. The first-order valence-corrected chi connectivity index (χ1v) is 6.55. The fourth-order valence-corrected chi connectivity index (χ4v) is 2.99. The van der Waals surface area contributed by atoms with Gasteiger partial charge in [-0.05, 0) is 36.5 Å². The highest BCUT2D eigenvalue weighted by molar-refractivity contribution is 5.53. The maximum Gasteiger partial charge on any atom is 0.115 e. The van der Waals surface area contributed by atoms with E-state index in [2.05, 4.69) is 36.5 Å². The molecular formula is C17H18O3. The molecule has 0 amide bonds. The molecule has 104 valence electrons. The zero-order chi connectivity index (χ0) is 14.2. The normalized spacial score (nSPS) is 33.5. The number of methoxy groups -OCH3 is 3. The maximum absolute atomic E-state index is 5.40. The van der Waals surface area contributed by atoms with Crippen LogP contribution in [0.4, 0.5) is 0 Å². The van der Waals surface area contributed by atoms with Gasteiger partial charge in [-0.2, -0.15) is 0 Å². The summed E-state index contributed by atoms with van der Waals surface area (Å²) in [5, 5.41) is 0. The Hall–Kier alpha value is -2.16. The summed E-state index contributed by atoms with van der Waals surface area (Å²) in [5.74, 6) is 2.51. The topological polar surface area (TPSA) is 27.7 Å². The SMILES string of the molecule is COC1=CC23C=C(OC)C=CC2(C=C1)C=CC(OC)=C3. The minimum atomic E-state index is -0.354. The summed E-state index contributed by atoms with van der Waals surface area (Å²) in [6, 6.07) is 0. The van der Waals surface area contributed by atoms with E-state index in [1.54, 1.807) is 21.3 Å². The van der Waals surface area contributed by atoms with E-state index < -0.39 is 0 Å². The third-order valence-electron chi connectivity index (χ3n) is 4.17. The standard InChI is InChI=1S/C17H18O3/c1-18-13-4-7-16-8-5-14(19-2)11-17(16,10-13)12-15(20-3)6-9-16/h4-12H,1-3H3. The third-order valence-corrected chi connectivity index (χ3v) is 4.17. The Morgan fingerprint density at radius 3 is 1.25 bits per heavy atom. The summed E-state index contributed by atoms with van der Waals surface area (Å²) in [6.07, 6.45) is 18.8. The second kappa shape index (κ2) is 4.44. The molecule has 3 aliphatic rings. The molecule has 0 fully saturated rings. The summed E-state index contributed by atoms with van der Waals surface area (Å²) in [7, 11) is 5.04. The van der Waals surface area contributed by atoms with Crippen LogP contribution < -0.4 is 0 Å². The summed E-state index contributed by atoms with van der Waals surface area (Å²) in [6.45, 7) is 0. The van der Waals surface area contributed by atoms with Crippen molar-refractivity contribution in [1.82, 2.24) is 0 Å². The van der Waals surface area contributed by atoms with Gasteiger partial charge in [-0.15, -0.1) is 0 Å². The van der Waals surface area contributed by atoms with Crippen molar-refractivity contribution in [1.29, 1.82) is 0 Å². The molecule has 3 nitrogen and oxygen atoms in total. The van der Waals surface area contributed by atoms with E-state index in [0.717, 1.165) is 17.3 Å². The van der Waals surface area contributed by atoms with Gasteiger partial charge in [0.2, 0.25) is 0 Å². The van der Waals surface area contributed by atoms with Crippen molar-refractivity contribution in [3.05, 3.63) is 72.0 Å². The molecule has 0 saturated carbocycles. The molecule has 0 unspecified atom stereocenters. The quantitative estimate of drug-likeness (QED) is 0.788. The Labute approximate surface area is 119 Å². The van der Waals surface area contributed by atoms with Crippen LogP contribution in [-0.2, 0) is 14.2 Å². The summed E-state index contributed by atoms with van der Waals surface area (Å²) in [5.41, 5.74) is -0.577. The minimum absolute atomic E-state index is 0.223. The van der Waals surface area contributed by atoms with Crippen molar-refractivity contribution in [3.63, 3.8) is 0 Å². The molecular weight excluding hydrogens is 252 g/mol. The van der Waals surface area contributed by atoms with Gasteiger partial charge in [0.1, 0.15) is 17.3 Å². The molecule has 0 aromatic rings. The van der Waals surface area contributed by atoms with E-state index in [4.69, 9.17) is 14.2 Å². The Kier molecular flexibility index (Phi) is 2.85. The average molecular weight is 270 g/mol. The van der Waals surface area contributed by atoms with Gasteiger partial charge in [0.25, 0.3) is 0 Å². The van der Waals surface area contributed by atoms with Gasteiger partial charge in [0.05, 0.1) is 26.7 Å². The molecule has 3 aliphatic carbocycles. The van der Waals surface area contributed by atoms with Crippen molar-refractivity contribution < 1.29 is 14.2 Å². The van der Waals surface area contributed by atoms with Gasteiger partial charge in [0, 0.05) is 5.41 Å². The van der Waals surface area contributed by atoms with Crippen molar-refractivity contribution in [2.45, 2.75) is 0 Å². The van der Waals surface area contributed by atoms with Crippen LogP contribution in [0.25, 0.3) is 0 Å². The van der Waals surface area contributed by atoms with E-state index in [1.165, 1.54) is 0 Å². The molecule has 0 heterocycles. The first-order valence-electron chi connectivity index (χ1n) is 6.55. The summed E-state index contributed by atoms with van der Waals surface area (Å²) in [4.78, 5) is 0. The molecule has 0 aromatic carbocycles. The summed E-state index contributed by atoms with van der Waals surface area (Å²) >= 11 is 0. The van der Waals surface area contributed by atoms with Crippen LogP contribution in [-0.4, -0.2) is 21.3 Å². The van der Waals surface area contributed by atoms with Crippen LogP contribution >= 0.6 is 0 Å². The van der Waals surface area contributed by atoms with Crippen molar-refractivity contribution in [2.24, 2.45) is 10.8 Å². The molecule has 0 atom stereocenters. The minimum Gasteiger partial charge on any atom is -0.497 e. The monoisotopic (exact) mass is 270 g/mol. The highest BCUT2D eigenvalue weighted by Gasteiger charge is 2.48. The molecule has 3 rings (SSSR count). The van der Waals surface area contributed by atoms with Crippen LogP contribution in [0.3, 0.4) is 0 Å². The average Bonchev–Trinajstić information content (AvgIpc) is 2.51. The lowest BCUT2D eigenvalue weighted by molar-refractivity contribution is 0.248. The number of hydrogen-bond donors (Lipinski definition) is 0. The van der Waals surface area contributed by atoms with Crippen LogP contribution in [0.5, 0.6) is 0 Å². The Morgan fingerprint density at radius 2 is 0.950 bits per heavy atom. The molecule has 0 spiro atoms. The summed E-state index contributed by atoms with van der Waals surface area (Å²) < 4.78 is 16.2. The van der Waals surface area contributed by atoms with Gasteiger partial charge in [-0.25, -0.2) is 0 Å². The third kappa shape index (κ3) is 1.66. The fourth-order valence-electron chi connectivity index (χ4n) is 2.99. The highest BCUT2D eigenvalue weighted by atomic mass is 16.5. The van der Waals surface area contributed by atoms with Crippen LogP contribution in [0.2, 0.25) is 0 Å². The number of allylic oxidation sites excluding steroid dienone is 9. The van der Waals surface area contributed by atoms with Gasteiger partial charge in [-0.1, -0.05) is 18.2 Å². The predicted molar refractivity (Wildman–Crippen MR) is 77.6 cm³/mol. The van der Waals surface area contributed by atoms with E-state index >= 15 is 0 Å². The smallest absolute Gasteiger partial charge is 0.115 e. The first kappa shape index (κ1) is 12.9. The van der Waals surface area contributed by atoms with Gasteiger partial charge >= 0.3 is 0 Å². The predicted octanol–water partition coefficient (Wildman–Crippen LogP) is 3.26. The van der Waals surface area contributed by atoms with Gasteiger partial charge in [0.15, 0.2) is 0 Å². The zero-order valence-corrected chi connectivity index (χ0v) is 11.9. The van der Waals surface area contributed by atoms with E-state index in [0.29, 0.717) is 0 Å². The molecule has 0 aromatic heterocycles. The highest BCUT2D eigenvalue weighted by Crippen LogP contribution is 2.55. The molecule has 0 saturated heterocycles. The van der Waals surface area contributed by atoms with Crippen molar-refractivity contribution >= 4 is 0 Å². The second-order valence-corrected chi connectivity index (χ2v) is 5.12. The Balaban J connectivity index is 2.21. The molecule has 0 radical (unpaired) electrons. The molecule has 3 heteroatoms. The fraction of sp³-hybridized carbons (Fsp3) is 0.294. The number of rotatable bonds is 3. The van der Waals surface area contributed by atoms with Gasteiger partial charge in [-0.3, -0.25) is 0 Å². The largest absolute Gasteiger partial charge is 0.497 e. The zero-order valence-electron chi connectivity index (χ0n) is 11.9.